The molecule has 3 rings (SSSR count). The zero-order valence-electron chi connectivity index (χ0n) is 14.4. The van der Waals surface area contributed by atoms with Gasteiger partial charge < -0.3 is 19.7 Å². The summed E-state index contributed by atoms with van der Waals surface area (Å²) >= 11 is 0. The molecule has 0 bridgehead atoms. The second-order valence-corrected chi connectivity index (χ2v) is 6.13. The van der Waals surface area contributed by atoms with Crippen molar-refractivity contribution < 1.29 is 14.3 Å². The molecule has 1 amide bonds. The molecule has 0 aliphatic carbocycles. The molecule has 1 saturated heterocycles. The largest absolute Gasteiger partial charge is 0.445 e. The number of benzene rings is 1. The first-order valence-corrected chi connectivity index (χ1v) is 8.46. The van der Waals surface area contributed by atoms with E-state index in [4.69, 9.17) is 9.47 Å². The second-order valence-electron chi connectivity index (χ2n) is 6.13. The van der Waals surface area contributed by atoms with E-state index in [1.165, 1.54) is 0 Å². The summed E-state index contributed by atoms with van der Waals surface area (Å²) in [5, 5.41) is 7.48. The number of amides is 1. The van der Waals surface area contributed by atoms with Crippen LogP contribution in [0.1, 0.15) is 11.1 Å². The van der Waals surface area contributed by atoms with Crippen molar-refractivity contribution in [2.45, 2.75) is 19.3 Å². The van der Waals surface area contributed by atoms with E-state index in [9.17, 15) is 4.79 Å². The SMILES string of the molecule is Cn1cc(CNCC2CN(C(=O)OCc3ccccc3)CCO2)cn1. The minimum absolute atomic E-state index is 0.0327. The van der Waals surface area contributed by atoms with E-state index in [1.807, 2.05) is 49.8 Å². The number of carbonyl (C=O) groups excluding carboxylic acids is 1. The van der Waals surface area contributed by atoms with E-state index >= 15 is 0 Å². The summed E-state index contributed by atoms with van der Waals surface area (Å²) in [5.74, 6) is 0. The van der Waals surface area contributed by atoms with E-state index in [0.29, 0.717) is 32.8 Å². The van der Waals surface area contributed by atoms with E-state index in [2.05, 4.69) is 10.4 Å². The number of nitrogens with zero attached hydrogens (tertiary/aromatic N) is 3. The Hall–Kier alpha value is -2.38. The van der Waals surface area contributed by atoms with Gasteiger partial charge >= 0.3 is 6.09 Å². The van der Waals surface area contributed by atoms with Gasteiger partial charge in [0.1, 0.15) is 6.61 Å². The van der Waals surface area contributed by atoms with Crippen LogP contribution in [0.2, 0.25) is 0 Å². The number of rotatable bonds is 6. The van der Waals surface area contributed by atoms with Crippen molar-refractivity contribution in [3.05, 3.63) is 53.9 Å². The molecule has 1 aliphatic heterocycles. The first-order chi connectivity index (χ1) is 12.2. The highest BCUT2D eigenvalue weighted by molar-refractivity contribution is 5.67. The van der Waals surface area contributed by atoms with Gasteiger partial charge in [-0.3, -0.25) is 4.68 Å². The normalized spacial score (nSPS) is 17.5. The zero-order valence-corrected chi connectivity index (χ0v) is 14.4. The first-order valence-electron chi connectivity index (χ1n) is 8.46. The van der Waals surface area contributed by atoms with Gasteiger partial charge in [0.05, 0.1) is 25.5 Å². The molecule has 0 spiro atoms. The Balaban J connectivity index is 1.40. The van der Waals surface area contributed by atoms with Crippen LogP contribution >= 0.6 is 0 Å². The molecular weight excluding hydrogens is 320 g/mol. The van der Waals surface area contributed by atoms with Crippen molar-refractivity contribution in [1.29, 1.82) is 0 Å². The van der Waals surface area contributed by atoms with Crippen molar-refractivity contribution >= 4 is 6.09 Å². The highest BCUT2D eigenvalue weighted by atomic mass is 16.6. The molecule has 1 aromatic carbocycles. The van der Waals surface area contributed by atoms with E-state index in [0.717, 1.165) is 17.7 Å². The maximum Gasteiger partial charge on any atom is 0.410 e. The molecular formula is C18H24N4O3. The van der Waals surface area contributed by atoms with Gasteiger partial charge in [-0.25, -0.2) is 4.79 Å². The van der Waals surface area contributed by atoms with Crippen LogP contribution in [0.4, 0.5) is 4.79 Å². The maximum absolute atomic E-state index is 12.2. The number of ether oxygens (including phenoxy) is 2. The van der Waals surface area contributed by atoms with Crippen LogP contribution in [0, 0.1) is 0 Å². The van der Waals surface area contributed by atoms with Crippen LogP contribution in [0.3, 0.4) is 0 Å². The highest BCUT2D eigenvalue weighted by Crippen LogP contribution is 2.09. The van der Waals surface area contributed by atoms with Crippen LogP contribution < -0.4 is 5.32 Å². The lowest BCUT2D eigenvalue weighted by Gasteiger charge is -2.32. The van der Waals surface area contributed by atoms with Crippen molar-refractivity contribution in [3.63, 3.8) is 0 Å². The standard InChI is InChI=1S/C18H24N4O3/c1-21-12-16(10-20-21)9-19-11-17-13-22(7-8-24-17)18(23)25-14-15-5-3-2-4-6-15/h2-6,10,12,17,19H,7-9,11,13-14H2,1H3. The van der Waals surface area contributed by atoms with Gasteiger partial charge in [-0.1, -0.05) is 30.3 Å². The van der Waals surface area contributed by atoms with Crippen molar-refractivity contribution in [2.75, 3.05) is 26.2 Å². The molecule has 1 atom stereocenters. The van der Waals surface area contributed by atoms with Crippen molar-refractivity contribution in [1.82, 2.24) is 20.0 Å². The molecule has 0 saturated carbocycles. The molecule has 25 heavy (non-hydrogen) atoms. The predicted octanol–water partition coefficient (Wildman–Crippen LogP) is 1.55. The summed E-state index contributed by atoms with van der Waals surface area (Å²) < 4.78 is 12.9. The summed E-state index contributed by atoms with van der Waals surface area (Å²) in [7, 11) is 1.90. The van der Waals surface area contributed by atoms with Crippen LogP contribution in [0.5, 0.6) is 0 Å². The second kappa shape index (κ2) is 8.64. The fourth-order valence-electron chi connectivity index (χ4n) is 2.76. The van der Waals surface area contributed by atoms with Gasteiger partial charge in [0.2, 0.25) is 0 Å². The predicted molar refractivity (Wildman–Crippen MR) is 92.9 cm³/mol. The fraction of sp³-hybridized carbons (Fsp3) is 0.444. The number of nitrogens with one attached hydrogen (secondary N) is 1. The smallest absolute Gasteiger partial charge is 0.410 e. The number of aryl methyl sites for hydroxylation is 1. The van der Waals surface area contributed by atoms with Gasteiger partial charge in [0, 0.05) is 38.4 Å². The van der Waals surface area contributed by atoms with Gasteiger partial charge in [-0.15, -0.1) is 0 Å². The third kappa shape index (κ3) is 5.30. The van der Waals surface area contributed by atoms with Gasteiger partial charge in [-0.05, 0) is 5.56 Å². The zero-order chi connectivity index (χ0) is 17.5. The monoisotopic (exact) mass is 344 g/mol. The Labute approximate surface area is 147 Å². The molecule has 0 radical (unpaired) electrons. The molecule has 1 fully saturated rings. The summed E-state index contributed by atoms with van der Waals surface area (Å²) in [6, 6.07) is 9.69. The summed E-state index contributed by atoms with van der Waals surface area (Å²) in [4.78, 5) is 13.9. The van der Waals surface area contributed by atoms with E-state index < -0.39 is 0 Å². The molecule has 2 aromatic rings. The lowest BCUT2D eigenvalue weighted by molar-refractivity contribution is -0.0271. The van der Waals surface area contributed by atoms with Crippen LogP contribution in [0.15, 0.2) is 42.7 Å². The number of hydrogen-bond acceptors (Lipinski definition) is 5. The number of aromatic nitrogens is 2. The number of morpholine rings is 1. The Kier molecular flexibility index (Phi) is 6.03. The number of hydrogen-bond donors (Lipinski definition) is 1. The topological polar surface area (TPSA) is 68.6 Å². The summed E-state index contributed by atoms with van der Waals surface area (Å²) in [5.41, 5.74) is 2.11. The molecule has 134 valence electrons. The first kappa shape index (κ1) is 17.4. The Morgan fingerprint density at radius 2 is 2.20 bits per heavy atom. The lowest BCUT2D eigenvalue weighted by Crippen LogP contribution is -2.49. The molecule has 1 aromatic heterocycles. The van der Waals surface area contributed by atoms with Gasteiger partial charge in [0.25, 0.3) is 0 Å². The molecule has 1 unspecified atom stereocenters. The minimum Gasteiger partial charge on any atom is -0.445 e. The van der Waals surface area contributed by atoms with Crippen LogP contribution in [-0.2, 0) is 29.7 Å². The Morgan fingerprint density at radius 3 is 2.96 bits per heavy atom. The number of carbonyl (C=O) groups is 1. The molecule has 7 nitrogen and oxygen atoms in total. The highest BCUT2D eigenvalue weighted by Gasteiger charge is 2.25. The molecule has 1 aliphatic rings. The fourth-order valence-corrected chi connectivity index (χ4v) is 2.76. The van der Waals surface area contributed by atoms with Crippen LogP contribution in [0.25, 0.3) is 0 Å². The summed E-state index contributed by atoms with van der Waals surface area (Å²) in [6.07, 6.45) is 3.49. The molecule has 2 heterocycles. The lowest BCUT2D eigenvalue weighted by atomic mass is 10.2. The van der Waals surface area contributed by atoms with E-state index in [1.54, 1.807) is 9.58 Å². The quantitative estimate of drug-likeness (QED) is 0.861. The minimum atomic E-state index is -0.288. The van der Waals surface area contributed by atoms with Crippen molar-refractivity contribution in [3.8, 4) is 0 Å². The maximum atomic E-state index is 12.2. The molecule has 7 heteroatoms. The Morgan fingerprint density at radius 1 is 1.36 bits per heavy atom. The van der Waals surface area contributed by atoms with Crippen LogP contribution in [-0.4, -0.2) is 53.1 Å². The Bertz CT molecular complexity index is 674. The molecule has 1 N–H and O–H groups in total. The third-order valence-corrected chi connectivity index (χ3v) is 4.06. The van der Waals surface area contributed by atoms with E-state index in [-0.39, 0.29) is 12.2 Å². The van der Waals surface area contributed by atoms with Crippen molar-refractivity contribution in [2.24, 2.45) is 7.05 Å². The third-order valence-electron chi connectivity index (χ3n) is 4.06. The van der Waals surface area contributed by atoms with Gasteiger partial charge in [-0.2, -0.15) is 5.10 Å². The van der Waals surface area contributed by atoms with Gasteiger partial charge in [0.15, 0.2) is 0 Å². The average Bonchev–Trinajstić information content (AvgIpc) is 3.06. The average molecular weight is 344 g/mol. The summed E-state index contributed by atoms with van der Waals surface area (Å²) in [6.45, 7) is 3.32.